The van der Waals surface area contributed by atoms with E-state index in [0.29, 0.717) is 29.8 Å². The van der Waals surface area contributed by atoms with E-state index in [-0.39, 0.29) is 28.2 Å². The van der Waals surface area contributed by atoms with Crippen LogP contribution < -0.4 is 9.47 Å². The zero-order chi connectivity index (χ0) is 25.2. The number of unbranched alkanes of at least 4 members (excludes halogenated alkanes) is 1. The number of phenols is 1. The number of benzene rings is 2. The van der Waals surface area contributed by atoms with E-state index in [1.54, 1.807) is 37.4 Å². The topological polar surface area (TPSA) is 96.3 Å². The number of rotatable bonds is 7. The number of aliphatic hydroxyl groups is 1. The molecule has 7 heteroatoms. The summed E-state index contributed by atoms with van der Waals surface area (Å²) < 4.78 is 10.6. The Morgan fingerprint density at radius 3 is 2.24 bits per heavy atom. The number of ketones is 1. The second-order valence-electron chi connectivity index (χ2n) is 9.44. The van der Waals surface area contributed by atoms with Crippen LogP contribution in [0, 0.1) is 0 Å². The number of hydrogen-bond acceptors (Lipinski definition) is 6. The van der Waals surface area contributed by atoms with E-state index in [1.165, 1.54) is 18.1 Å². The summed E-state index contributed by atoms with van der Waals surface area (Å²) >= 11 is 0. The standard InChI is InChI=1S/C27H33NO6/c1-7-8-13-28-23(16-9-12-21(34-6)19(29)15-16)22(25(31)26(28)32)24(30)17-10-11-20(33-5)18(14-17)27(2,3)4/h9-12,14-15,23,29-30H,7-8,13H2,1-6H3/b24-22-. The number of phenolic OH excluding ortho intramolecular Hbond substituents is 1. The first-order valence-corrected chi connectivity index (χ1v) is 11.4. The molecule has 1 saturated heterocycles. The Kier molecular flexibility index (Phi) is 7.24. The minimum Gasteiger partial charge on any atom is -0.507 e. The van der Waals surface area contributed by atoms with E-state index in [2.05, 4.69) is 0 Å². The maximum Gasteiger partial charge on any atom is 0.295 e. The van der Waals surface area contributed by atoms with Crippen molar-refractivity contribution in [2.45, 2.75) is 52.0 Å². The summed E-state index contributed by atoms with van der Waals surface area (Å²) in [6.45, 7) is 8.43. The van der Waals surface area contributed by atoms with Crippen LogP contribution in [0.4, 0.5) is 0 Å². The first-order chi connectivity index (χ1) is 16.0. The number of carbonyl (C=O) groups is 2. The van der Waals surface area contributed by atoms with Gasteiger partial charge in [0.25, 0.3) is 11.7 Å². The van der Waals surface area contributed by atoms with Gasteiger partial charge in [-0.3, -0.25) is 9.59 Å². The van der Waals surface area contributed by atoms with Crippen molar-refractivity contribution in [3.63, 3.8) is 0 Å². The van der Waals surface area contributed by atoms with Crippen LogP contribution >= 0.6 is 0 Å². The summed E-state index contributed by atoms with van der Waals surface area (Å²) in [5.74, 6) is -0.837. The number of hydrogen-bond donors (Lipinski definition) is 2. The number of Topliss-reactive ketones (excluding diaryl/α,β-unsaturated/α-hetero) is 1. The molecule has 0 aromatic heterocycles. The summed E-state index contributed by atoms with van der Waals surface area (Å²) in [6.07, 6.45) is 1.53. The molecule has 34 heavy (non-hydrogen) atoms. The highest BCUT2D eigenvalue weighted by Crippen LogP contribution is 2.42. The van der Waals surface area contributed by atoms with Gasteiger partial charge in [0.15, 0.2) is 11.5 Å². The van der Waals surface area contributed by atoms with Gasteiger partial charge in [0.2, 0.25) is 0 Å². The lowest BCUT2D eigenvalue weighted by molar-refractivity contribution is -0.139. The molecule has 2 aromatic rings. The van der Waals surface area contributed by atoms with Crippen molar-refractivity contribution in [3.8, 4) is 17.2 Å². The first-order valence-electron chi connectivity index (χ1n) is 11.4. The number of amides is 1. The predicted octanol–water partition coefficient (Wildman–Crippen LogP) is 4.93. The molecule has 3 rings (SSSR count). The monoisotopic (exact) mass is 467 g/mol. The highest BCUT2D eigenvalue weighted by atomic mass is 16.5. The molecule has 1 aliphatic rings. The number of likely N-dealkylation sites (tertiary alicyclic amines) is 1. The summed E-state index contributed by atoms with van der Waals surface area (Å²) in [7, 11) is 3.03. The molecule has 1 amide bonds. The van der Waals surface area contributed by atoms with Crippen LogP contribution in [0.15, 0.2) is 42.0 Å². The highest BCUT2D eigenvalue weighted by Gasteiger charge is 2.46. The molecule has 0 bridgehead atoms. The SMILES string of the molecule is CCCCN1C(=O)C(=O)/C(=C(\O)c2ccc(OC)c(C(C)(C)C)c2)C1c1ccc(OC)c(O)c1. The van der Waals surface area contributed by atoms with Crippen LogP contribution in [0.1, 0.15) is 63.3 Å². The van der Waals surface area contributed by atoms with Gasteiger partial charge in [0.1, 0.15) is 11.5 Å². The number of nitrogens with zero attached hydrogens (tertiary/aromatic N) is 1. The lowest BCUT2D eigenvalue weighted by Gasteiger charge is -2.26. The number of aliphatic hydroxyl groups excluding tert-OH is 1. The Hall–Kier alpha value is -3.48. The van der Waals surface area contributed by atoms with Crippen LogP contribution in [0.3, 0.4) is 0 Å². The normalized spacial score (nSPS) is 17.8. The van der Waals surface area contributed by atoms with Gasteiger partial charge in [-0.05, 0) is 47.7 Å². The van der Waals surface area contributed by atoms with Crippen molar-refractivity contribution in [2.24, 2.45) is 0 Å². The third kappa shape index (κ3) is 4.60. The van der Waals surface area contributed by atoms with Crippen LogP contribution in [-0.4, -0.2) is 47.6 Å². The molecule has 1 aliphatic heterocycles. The van der Waals surface area contributed by atoms with Crippen molar-refractivity contribution in [3.05, 3.63) is 58.7 Å². The lowest BCUT2D eigenvalue weighted by atomic mass is 9.84. The molecule has 0 saturated carbocycles. The number of methoxy groups -OCH3 is 2. The highest BCUT2D eigenvalue weighted by molar-refractivity contribution is 6.46. The second-order valence-corrected chi connectivity index (χ2v) is 9.44. The number of ether oxygens (including phenoxy) is 2. The lowest BCUT2D eigenvalue weighted by Crippen LogP contribution is -2.30. The van der Waals surface area contributed by atoms with E-state index < -0.39 is 17.7 Å². The van der Waals surface area contributed by atoms with Gasteiger partial charge in [-0.2, -0.15) is 0 Å². The molecular formula is C27H33NO6. The fraction of sp³-hybridized carbons (Fsp3) is 0.407. The van der Waals surface area contributed by atoms with Crippen molar-refractivity contribution in [1.82, 2.24) is 4.90 Å². The summed E-state index contributed by atoms with van der Waals surface area (Å²) in [5, 5.41) is 21.7. The Balaban J connectivity index is 2.23. The van der Waals surface area contributed by atoms with Crippen molar-refractivity contribution in [2.75, 3.05) is 20.8 Å². The molecule has 0 spiro atoms. The molecule has 1 heterocycles. The quantitative estimate of drug-likeness (QED) is 0.341. The summed E-state index contributed by atoms with van der Waals surface area (Å²) in [6, 6.07) is 9.11. The van der Waals surface area contributed by atoms with Gasteiger partial charge in [0.05, 0.1) is 25.8 Å². The minimum atomic E-state index is -0.830. The van der Waals surface area contributed by atoms with Gasteiger partial charge >= 0.3 is 0 Å². The molecule has 1 fully saturated rings. The van der Waals surface area contributed by atoms with Crippen LogP contribution in [-0.2, 0) is 15.0 Å². The van der Waals surface area contributed by atoms with Gasteiger partial charge in [-0.25, -0.2) is 0 Å². The summed E-state index contributed by atoms with van der Waals surface area (Å²) in [4.78, 5) is 27.6. The fourth-order valence-corrected chi connectivity index (χ4v) is 4.26. The average molecular weight is 468 g/mol. The molecule has 2 N–H and O–H groups in total. The zero-order valence-electron chi connectivity index (χ0n) is 20.6. The molecule has 0 aliphatic carbocycles. The zero-order valence-corrected chi connectivity index (χ0v) is 20.6. The molecule has 0 radical (unpaired) electrons. The van der Waals surface area contributed by atoms with Crippen LogP contribution in [0.2, 0.25) is 0 Å². The van der Waals surface area contributed by atoms with E-state index >= 15 is 0 Å². The van der Waals surface area contributed by atoms with Crippen LogP contribution in [0.5, 0.6) is 17.2 Å². The van der Waals surface area contributed by atoms with Gasteiger partial charge in [-0.15, -0.1) is 0 Å². The fourth-order valence-electron chi connectivity index (χ4n) is 4.26. The van der Waals surface area contributed by atoms with Gasteiger partial charge in [0, 0.05) is 17.7 Å². The van der Waals surface area contributed by atoms with Crippen molar-refractivity contribution in [1.29, 1.82) is 0 Å². The first kappa shape index (κ1) is 25.1. The largest absolute Gasteiger partial charge is 0.507 e. The predicted molar refractivity (Wildman–Crippen MR) is 130 cm³/mol. The van der Waals surface area contributed by atoms with Crippen molar-refractivity contribution >= 4 is 17.4 Å². The van der Waals surface area contributed by atoms with E-state index in [9.17, 15) is 19.8 Å². The molecule has 182 valence electrons. The van der Waals surface area contributed by atoms with E-state index in [1.807, 2.05) is 27.7 Å². The Morgan fingerprint density at radius 1 is 1.03 bits per heavy atom. The Labute approximate surface area is 200 Å². The third-order valence-corrected chi connectivity index (χ3v) is 6.09. The average Bonchev–Trinajstić information content (AvgIpc) is 3.05. The van der Waals surface area contributed by atoms with E-state index in [4.69, 9.17) is 9.47 Å². The maximum absolute atomic E-state index is 13.2. The van der Waals surface area contributed by atoms with Gasteiger partial charge in [-0.1, -0.05) is 40.2 Å². The Morgan fingerprint density at radius 2 is 1.68 bits per heavy atom. The number of carbonyl (C=O) groups excluding carboxylic acids is 2. The van der Waals surface area contributed by atoms with Crippen molar-refractivity contribution < 1.29 is 29.3 Å². The summed E-state index contributed by atoms with van der Waals surface area (Å²) in [5.41, 5.74) is 1.51. The Bertz CT molecular complexity index is 1130. The van der Waals surface area contributed by atoms with E-state index in [0.717, 1.165) is 12.0 Å². The van der Waals surface area contributed by atoms with Crippen LogP contribution in [0.25, 0.3) is 5.76 Å². The minimum absolute atomic E-state index is 0.00399. The smallest absolute Gasteiger partial charge is 0.295 e. The molecule has 1 atom stereocenters. The molecule has 2 aromatic carbocycles. The molecular weight excluding hydrogens is 434 g/mol. The molecule has 7 nitrogen and oxygen atoms in total. The second kappa shape index (κ2) is 9.79. The third-order valence-electron chi connectivity index (χ3n) is 6.09. The van der Waals surface area contributed by atoms with Gasteiger partial charge < -0.3 is 24.6 Å². The molecule has 1 unspecified atom stereocenters. The maximum atomic E-state index is 13.2. The number of aromatic hydroxyl groups is 1.